The van der Waals surface area contributed by atoms with E-state index in [1.165, 1.54) is 54.9 Å². The smallest absolute Gasteiger partial charge is 0.143 e. The van der Waals surface area contributed by atoms with Crippen LogP contribution in [0, 0.1) is 13.8 Å². The number of hydrogen-bond acceptors (Lipinski definition) is 2. The molecule has 0 aliphatic heterocycles. The minimum atomic E-state index is 0.919. The van der Waals surface area contributed by atoms with E-state index in [9.17, 15) is 0 Å². The molecule has 0 radical (unpaired) electrons. The molecule has 10 rings (SSSR count). The van der Waals surface area contributed by atoms with E-state index in [0.717, 1.165) is 50.1 Å². The maximum absolute atomic E-state index is 6.52. The summed E-state index contributed by atoms with van der Waals surface area (Å²) in [5.41, 5.74) is 14.6. The van der Waals surface area contributed by atoms with E-state index in [0.29, 0.717) is 0 Å². The first-order valence-electron chi connectivity index (χ1n) is 18.6. The third kappa shape index (κ3) is 5.52. The zero-order chi connectivity index (χ0) is 36.2. The molecule has 0 amide bonds. The van der Waals surface area contributed by atoms with E-state index < -0.39 is 0 Å². The lowest BCUT2D eigenvalue weighted by molar-refractivity contribution is 0.670. The topological polar surface area (TPSA) is 16.4 Å². The third-order valence-corrected chi connectivity index (χ3v) is 10.7. The molecule has 256 valence electrons. The molecule has 0 aliphatic rings. The molecule has 1 aromatic heterocycles. The van der Waals surface area contributed by atoms with Gasteiger partial charge in [-0.2, -0.15) is 0 Å². The summed E-state index contributed by atoms with van der Waals surface area (Å²) in [6.07, 6.45) is 0. The number of rotatable bonds is 6. The van der Waals surface area contributed by atoms with Crippen LogP contribution in [0.5, 0.6) is 0 Å². The van der Waals surface area contributed by atoms with Crippen molar-refractivity contribution in [2.24, 2.45) is 0 Å². The highest BCUT2D eigenvalue weighted by atomic mass is 16.3. The van der Waals surface area contributed by atoms with Crippen LogP contribution in [0.3, 0.4) is 0 Å². The highest BCUT2D eigenvalue weighted by Gasteiger charge is 2.19. The van der Waals surface area contributed by atoms with Gasteiger partial charge in [0.2, 0.25) is 0 Å². The molecule has 0 saturated carbocycles. The maximum atomic E-state index is 6.52. The normalized spacial score (nSPS) is 11.5. The zero-order valence-electron chi connectivity index (χ0n) is 30.3. The van der Waals surface area contributed by atoms with Gasteiger partial charge in [-0.25, -0.2) is 0 Å². The quantitative estimate of drug-likeness (QED) is 0.173. The fraction of sp³-hybridized carbons (Fsp3) is 0.0385. The van der Waals surface area contributed by atoms with Gasteiger partial charge in [-0.15, -0.1) is 0 Å². The molecule has 0 atom stereocenters. The van der Waals surface area contributed by atoms with Crippen molar-refractivity contribution in [2.45, 2.75) is 13.8 Å². The summed E-state index contributed by atoms with van der Waals surface area (Å²) in [5.74, 6) is 0. The van der Waals surface area contributed by atoms with Crippen LogP contribution < -0.4 is 4.90 Å². The van der Waals surface area contributed by atoms with E-state index in [2.05, 4.69) is 207 Å². The second kappa shape index (κ2) is 12.9. The lowest BCUT2D eigenvalue weighted by atomic mass is 9.96. The van der Waals surface area contributed by atoms with Crippen LogP contribution in [0.2, 0.25) is 0 Å². The molecule has 0 saturated heterocycles. The number of benzene rings is 9. The number of anilines is 3. The summed E-state index contributed by atoms with van der Waals surface area (Å²) >= 11 is 0. The summed E-state index contributed by atoms with van der Waals surface area (Å²) < 4.78 is 6.52. The van der Waals surface area contributed by atoms with Crippen LogP contribution in [0.25, 0.3) is 76.9 Å². The molecule has 1 heterocycles. The van der Waals surface area contributed by atoms with Gasteiger partial charge < -0.3 is 9.32 Å². The van der Waals surface area contributed by atoms with Gasteiger partial charge in [0.05, 0.1) is 5.69 Å². The Bertz CT molecular complexity index is 3000. The van der Waals surface area contributed by atoms with Crippen LogP contribution in [-0.4, -0.2) is 0 Å². The van der Waals surface area contributed by atoms with Crippen molar-refractivity contribution in [3.05, 3.63) is 199 Å². The molecule has 2 heteroatoms. The summed E-state index contributed by atoms with van der Waals surface area (Å²) in [4.78, 5) is 2.39. The van der Waals surface area contributed by atoms with Gasteiger partial charge in [-0.1, -0.05) is 133 Å². The van der Waals surface area contributed by atoms with Crippen molar-refractivity contribution in [3.63, 3.8) is 0 Å². The van der Waals surface area contributed by atoms with E-state index in [-0.39, 0.29) is 0 Å². The fourth-order valence-corrected chi connectivity index (χ4v) is 8.10. The number of aryl methyl sites for hydroxylation is 2. The molecule has 0 unspecified atom stereocenters. The first-order chi connectivity index (χ1) is 26.6. The Morgan fingerprint density at radius 2 is 0.981 bits per heavy atom. The van der Waals surface area contributed by atoms with Crippen LogP contribution in [0.1, 0.15) is 11.1 Å². The minimum Gasteiger partial charge on any atom is -0.455 e. The Morgan fingerprint density at radius 3 is 1.78 bits per heavy atom. The highest BCUT2D eigenvalue weighted by molar-refractivity contribution is 6.10. The van der Waals surface area contributed by atoms with Crippen LogP contribution >= 0.6 is 0 Å². The molecule has 2 nitrogen and oxygen atoms in total. The molecular weight excluding hydrogens is 655 g/mol. The minimum absolute atomic E-state index is 0.919. The van der Waals surface area contributed by atoms with Crippen molar-refractivity contribution in [1.82, 2.24) is 0 Å². The van der Waals surface area contributed by atoms with E-state index >= 15 is 0 Å². The maximum Gasteiger partial charge on any atom is 0.143 e. The summed E-state index contributed by atoms with van der Waals surface area (Å²) in [6.45, 7) is 4.30. The summed E-state index contributed by atoms with van der Waals surface area (Å²) in [7, 11) is 0. The van der Waals surface area contributed by atoms with Crippen molar-refractivity contribution >= 4 is 60.5 Å². The van der Waals surface area contributed by atoms with Gasteiger partial charge in [0, 0.05) is 33.3 Å². The molecule has 0 bridgehead atoms. The Labute approximate surface area is 315 Å². The third-order valence-electron chi connectivity index (χ3n) is 10.7. The van der Waals surface area contributed by atoms with Gasteiger partial charge in [-0.3, -0.25) is 0 Å². The van der Waals surface area contributed by atoms with Crippen LogP contribution in [0.4, 0.5) is 17.1 Å². The monoisotopic (exact) mass is 691 g/mol. The lowest BCUT2D eigenvalue weighted by Gasteiger charge is -2.28. The average Bonchev–Trinajstić information content (AvgIpc) is 3.58. The van der Waals surface area contributed by atoms with Crippen molar-refractivity contribution in [1.29, 1.82) is 0 Å². The van der Waals surface area contributed by atoms with Gasteiger partial charge in [0.15, 0.2) is 0 Å². The molecule has 10 aromatic rings. The first-order valence-corrected chi connectivity index (χ1v) is 18.6. The number of para-hydroxylation sites is 1. The Kier molecular flexibility index (Phi) is 7.63. The predicted molar refractivity (Wildman–Crippen MR) is 229 cm³/mol. The fourth-order valence-electron chi connectivity index (χ4n) is 8.10. The molecule has 9 aromatic carbocycles. The standard InChI is InChI=1S/C52H37NO/c1-34-18-29-51-48(30-34)49-32-35(2)31-47(52(49)54-51)39-23-27-43(28-24-39)53(42-25-21-38(22-26-42)45-16-9-13-37-11-5-6-14-44(37)45)50-17-8-7-15-46(50)41-20-19-36-10-3-4-12-40(36)33-41/h3-33H,1-2H3. The van der Waals surface area contributed by atoms with Crippen LogP contribution in [-0.2, 0) is 0 Å². The summed E-state index contributed by atoms with van der Waals surface area (Å²) in [5, 5.41) is 7.28. The van der Waals surface area contributed by atoms with Crippen molar-refractivity contribution in [3.8, 4) is 33.4 Å². The molecule has 0 fully saturated rings. The Hall–Kier alpha value is -6.90. The van der Waals surface area contributed by atoms with E-state index in [4.69, 9.17) is 4.42 Å². The van der Waals surface area contributed by atoms with Gasteiger partial charge >= 0.3 is 0 Å². The molecule has 0 spiro atoms. The number of nitrogens with zero attached hydrogens (tertiary/aromatic N) is 1. The van der Waals surface area contributed by atoms with Gasteiger partial charge in [0.1, 0.15) is 11.2 Å². The first kappa shape index (κ1) is 31.8. The SMILES string of the molecule is Cc1ccc2oc3c(-c4ccc(N(c5ccc(-c6cccc7ccccc67)cc5)c5ccccc5-c5ccc6ccccc6c5)cc4)cc(C)cc3c2c1. The van der Waals surface area contributed by atoms with Crippen molar-refractivity contribution in [2.75, 3.05) is 4.90 Å². The van der Waals surface area contributed by atoms with Crippen LogP contribution in [0.15, 0.2) is 192 Å². The molecule has 54 heavy (non-hydrogen) atoms. The second-order valence-corrected chi connectivity index (χ2v) is 14.3. The number of furan rings is 1. The lowest BCUT2D eigenvalue weighted by Crippen LogP contribution is -2.11. The second-order valence-electron chi connectivity index (χ2n) is 14.3. The Balaban J connectivity index is 1.12. The number of fused-ring (bicyclic) bond motifs is 5. The molecular formula is C52H37NO. The average molecular weight is 692 g/mol. The summed E-state index contributed by atoms with van der Waals surface area (Å²) in [6, 6.07) is 68.1. The largest absolute Gasteiger partial charge is 0.455 e. The van der Waals surface area contributed by atoms with E-state index in [1.54, 1.807) is 0 Å². The molecule has 0 N–H and O–H groups in total. The highest BCUT2D eigenvalue weighted by Crippen LogP contribution is 2.44. The van der Waals surface area contributed by atoms with Gasteiger partial charge in [0.25, 0.3) is 0 Å². The molecule has 0 aliphatic carbocycles. The Morgan fingerprint density at radius 1 is 0.370 bits per heavy atom. The number of hydrogen-bond donors (Lipinski definition) is 0. The van der Waals surface area contributed by atoms with Crippen molar-refractivity contribution < 1.29 is 4.42 Å². The van der Waals surface area contributed by atoms with E-state index in [1.807, 2.05) is 0 Å². The van der Waals surface area contributed by atoms with Gasteiger partial charge in [-0.05, 0) is 124 Å². The predicted octanol–water partition coefficient (Wildman–Crippen LogP) is 15.0. The zero-order valence-corrected chi connectivity index (χ0v) is 30.3.